The molecule has 0 aromatic carbocycles. The van der Waals surface area contributed by atoms with Crippen molar-refractivity contribution in [3.8, 4) is 0 Å². The van der Waals surface area contributed by atoms with Crippen LogP contribution in [0.1, 0.15) is 53.7 Å². The van der Waals surface area contributed by atoms with E-state index in [-0.39, 0.29) is 17.6 Å². The van der Waals surface area contributed by atoms with Crippen molar-refractivity contribution in [1.29, 1.82) is 0 Å². The van der Waals surface area contributed by atoms with Crippen LogP contribution in [-0.2, 0) is 24.2 Å². The molecule has 2 aromatic rings. The summed E-state index contributed by atoms with van der Waals surface area (Å²) in [7, 11) is 0. The van der Waals surface area contributed by atoms with E-state index in [1.165, 1.54) is 12.6 Å². The summed E-state index contributed by atoms with van der Waals surface area (Å²) in [4.78, 5) is 30.1. The Morgan fingerprint density at radius 2 is 2.08 bits per heavy atom. The second kappa shape index (κ2) is 6.89. The third-order valence-electron chi connectivity index (χ3n) is 5.14. The number of amides is 1. The maximum atomic E-state index is 12.7. The highest BCUT2D eigenvalue weighted by Crippen LogP contribution is 2.22. The maximum absolute atomic E-state index is 12.7. The number of carbonyl (C=O) groups is 2. The number of aromatic nitrogens is 5. The Labute approximate surface area is 150 Å². The fourth-order valence-corrected chi connectivity index (χ4v) is 3.77. The molecule has 9 nitrogen and oxygen atoms in total. The lowest BCUT2D eigenvalue weighted by Crippen LogP contribution is -2.41. The number of carbonyl (C=O) groups excluding carboxylic acids is 1. The number of piperidine rings is 1. The van der Waals surface area contributed by atoms with Crippen LogP contribution in [0.15, 0.2) is 12.4 Å². The minimum atomic E-state index is -1.09. The van der Waals surface area contributed by atoms with Gasteiger partial charge in [0.25, 0.3) is 0 Å². The summed E-state index contributed by atoms with van der Waals surface area (Å²) in [6.45, 7) is 2.22. The number of carboxylic acid groups (broad SMARTS) is 1. The molecular formula is C17H22N6O3. The van der Waals surface area contributed by atoms with Gasteiger partial charge in [0.15, 0.2) is 5.69 Å². The van der Waals surface area contributed by atoms with Gasteiger partial charge in [-0.25, -0.2) is 14.5 Å². The van der Waals surface area contributed by atoms with E-state index < -0.39 is 5.97 Å². The molecule has 0 radical (unpaired) electrons. The predicted molar refractivity (Wildman–Crippen MR) is 90.7 cm³/mol. The fraction of sp³-hybridized carbons (Fsp3) is 0.588. The Balaban J connectivity index is 1.41. The highest BCUT2D eigenvalue weighted by molar-refractivity contribution is 5.84. The fourth-order valence-electron chi connectivity index (χ4n) is 3.77. The van der Waals surface area contributed by atoms with E-state index in [2.05, 4.69) is 19.9 Å². The molecule has 4 heterocycles. The molecule has 9 heteroatoms. The molecule has 2 aliphatic heterocycles. The van der Waals surface area contributed by atoms with Gasteiger partial charge in [0.05, 0.1) is 24.4 Å². The molecule has 1 unspecified atom stereocenters. The Bertz CT molecular complexity index is 803. The van der Waals surface area contributed by atoms with E-state index >= 15 is 0 Å². The maximum Gasteiger partial charge on any atom is 0.358 e. The number of fused-ring (bicyclic) bond motifs is 1. The molecule has 1 N–H and O–H groups in total. The second-order valence-electron chi connectivity index (χ2n) is 7.00. The quantitative estimate of drug-likeness (QED) is 0.871. The molecule has 0 bridgehead atoms. The summed E-state index contributed by atoms with van der Waals surface area (Å²) >= 11 is 0. The van der Waals surface area contributed by atoms with Crippen molar-refractivity contribution in [2.75, 3.05) is 13.1 Å². The van der Waals surface area contributed by atoms with Crippen molar-refractivity contribution in [2.45, 2.75) is 51.1 Å². The van der Waals surface area contributed by atoms with Crippen LogP contribution in [0.3, 0.4) is 0 Å². The molecule has 26 heavy (non-hydrogen) atoms. The van der Waals surface area contributed by atoms with Gasteiger partial charge in [0.2, 0.25) is 5.91 Å². The van der Waals surface area contributed by atoms with Crippen LogP contribution in [0, 0.1) is 0 Å². The lowest BCUT2D eigenvalue weighted by molar-refractivity contribution is -0.132. The predicted octanol–water partition coefficient (Wildman–Crippen LogP) is 0.915. The molecule has 1 atom stereocenters. The van der Waals surface area contributed by atoms with Crippen molar-refractivity contribution < 1.29 is 14.7 Å². The number of hydrogen-bond acceptors (Lipinski definition) is 5. The molecular weight excluding hydrogens is 336 g/mol. The summed E-state index contributed by atoms with van der Waals surface area (Å²) in [5.41, 5.74) is 0.764. The standard InChI is InChI=1S/C17H22N6O3/c24-16(8-12-9-21-6-2-1-5-15(21)18-12)22-7-3-4-13(10-22)23-11-14(17(25)26)19-20-23/h9,11,13H,1-8,10H2,(H,25,26). The summed E-state index contributed by atoms with van der Waals surface area (Å²) in [6, 6.07) is -0.0384. The van der Waals surface area contributed by atoms with Crippen LogP contribution in [0.4, 0.5) is 0 Å². The van der Waals surface area contributed by atoms with Crippen LogP contribution in [-0.4, -0.2) is 59.5 Å². The van der Waals surface area contributed by atoms with Crippen molar-refractivity contribution in [3.63, 3.8) is 0 Å². The smallest absolute Gasteiger partial charge is 0.358 e. The van der Waals surface area contributed by atoms with Gasteiger partial charge in [-0.1, -0.05) is 5.21 Å². The molecule has 1 fully saturated rings. The molecule has 0 aliphatic carbocycles. The number of carboxylic acids is 1. The van der Waals surface area contributed by atoms with Crippen LogP contribution in [0.5, 0.6) is 0 Å². The summed E-state index contributed by atoms with van der Waals surface area (Å²) in [6.07, 6.45) is 8.77. The monoisotopic (exact) mass is 358 g/mol. The van der Waals surface area contributed by atoms with Gasteiger partial charge in [0, 0.05) is 32.3 Å². The van der Waals surface area contributed by atoms with E-state index in [9.17, 15) is 9.59 Å². The van der Waals surface area contributed by atoms with E-state index in [0.717, 1.165) is 43.7 Å². The number of nitrogens with zero attached hydrogens (tertiary/aromatic N) is 6. The zero-order valence-corrected chi connectivity index (χ0v) is 14.5. The largest absolute Gasteiger partial charge is 0.476 e. The Kier molecular flexibility index (Phi) is 4.44. The molecule has 0 saturated carbocycles. The van der Waals surface area contributed by atoms with E-state index in [1.807, 2.05) is 11.1 Å². The Morgan fingerprint density at radius 1 is 1.19 bits per heavy atom. The van der Waals surface area contributed by atoms with Crippen molar-refractivity contribution in [2.24, 2.45) is 0 Å². The van der Waals surface area contributed by atoms with Crippen LogP contribution >= 0.6 is 0 Å². The third-order valence-corrected chi connectivity index (χ3v) is 5.14. The summed E-state index contributed by atoms with van der Waals surface area (Å²) in [5.74, 6) is 0.0480. The second-order valence-corrected chi connectivity index (χ2v) is 7.00. The van der Waals surface area contributed by atoms with Gasteiger partial charge < -0.3 is 14.6 Å². The molecule has 1 saturated heterocycles. The first-order chi connectivity index (χ1) is 12.6. The first kappa shape index (κ1) is 16.7. The minimum absolute atomic E-state index is 0.0384. The molecule has 1 amide bonds. The molecule has 0 spiro atoms. The number of imidazole rings is 1. The highest BCUT2D eigenvalue weighted by atomic mass is 16.4. The SMILES string of the molecule is O=C(O)c1cn(C2CCCN(C(=O)Cc3cn4c(n3)CCCC4)C2)nn1. The van der Waals surface area contributed by atoms with Gasteiger partial charge in [-0.2, -0.15) is 0 Å². The normalized spacial score (nSPS) is 20.0. The van der Waals surface area contributed by atoms with Gasteiger partial charge in [-0.15, -0.1) is 5.10 Å². The third kappa shape index (κ3) is 3.33. The Hall–Kier alpha value is -2.71. The first-order valence-corrected chi connectivity index (χ1v) is 9.08. The summed E-state index contributed by atoms with van der Waals surface area (Å²) in [5, 5.41) is 16.6. The molecule has 138 valence electrons. The zero-order chi connectivity index (χ0) is 18.1. The number of hydrogen-bond donors (Lipinski definition) is 1. The minimum Gasteiger partial charge on any atom is -0.476 e. The first-order valence-electron chi connectivity index (χ1n) is 9.08. The van der Waals surface area contributed by atoms with Crippen LogP contribution in [0.25, 0.3) is 0 Å². The highest BCUT2D eigenvalue weighted by Gasteiger charge is 2.27. The van der Waals surface area contributed by atoms with E-state index in [0.29, 0.717) is 19.5 Å². The number of aromatic carboxylic acids is 1. The summed E-state index contributed by atoms with van der Waals surface area (Å²) < 4.78 is 3.73. The topological polar surface area (TPSA) is 106 Å². The molecule has 2 aliphatic rings. The molecule has 4 rings (SSSR count). The average Bonchev–Trinajstić information content (AvgIpc) is 3.28. The van der Waals surface area contributed by atoms with Crippen molar-refractivity contribution in [3.05, 3.63) is 29.6 Å². The lowest BCUT2D eigenvalue weighted by atomic mass is 10.1. The van der Waals surface area contributed by atoms with Gasteiger partial charge in [-0.3, -0.25) is 4.79 Å². The van der Waals surface area contributed by atoms with Gasteiger partial charge in [-0.05, 0) is 25.7 Å². The van der Waals surface area contributed by atoms with Crippen LogP contribution < -0.4 is 0 Å². The average molecular weight is 358 g/mol. The lowest BCUT2D eigenvalue weighted by Gasteiger charge is -2.32. The number of likely N-dealkylation sites (tertiary alicyclic amines) is 1. The van der Waals surface area contributed by atoms with E-state index in [1.54, 1.807) is 4.68 Å². The van der Waals surface area contributed by atoms with Crippen molar-refractivity contribution >= 4 is 11.9 Å². The van der Waals surface area contributed by atoms with Gasteiger partial charge in [0.1, 0.15) is 5.82 Å². The van der Waals surface area contributed by atoms with Crippen molar-refractivity contribution in [1.82, 2.24) is 29.4 Å². The number of rotatable bonds is 4. The number of aryl methyl sites for hydroxylation is 2. The van der Waals surface area contributed by atoms with Gasteiger partial charge >= 0.3 is 5.97 Å². The molecule has 2 aromatic heterocycles. The van der Waals surface area contributed by atoms with E-state index in [4.69, 9.17) is 5.11 Å². The Morgan fingerprint density at radius 3 is 2.85 bits per heavy atom. The van der Waals surface area contributed by atoms with Crippen LogP contribution in [0.2, 0.25) is 0 Å². The zero-order valence-electron chi connectivity index (χ0n) is 14.5.